The number of nitrogens with zero attached hydrogens (tertiary/aromatic N) is 1. The number of carboxylic acids is 1. The fraction of sp³-hybridized carbons (Fsp3) is 0.500. The fourth-order valence-corrected chi connectivity index (χ4v) is 0.418. The third-order valence-corrected chi connectivity index (χ3v) is 0.651. The molecule has 0 saturated carbocycles. The van der Waals surface area contributed by atoms with Crippen molar-refractivity contribution in [3.63, 3.8) is 0 Å². The van der Waals surface area contributed by atoms with Crippen LogP contribution in [0.1, 0.15) is 20.3 Å². The number of amides is 1. The number of hydrogen-bond acceptors (Lipinski definition) is 2. The summed E-state index contributed by atoms with van der Waals surface area (Å²) in [4.78, 5) is 23.8. The molecule has 56 valence electrons. The Morgan fingerprint density at radius 3 is 2.20 bits per heavy atom. The van der Waals surface area contributed by atoms with Crippen LogP contribution >= 0.6 is 0 Å². The molecule has 0 aromatic heterocycles. The summed E-state index contributed by atoms with van der Waals surface area (Å²) in [5.74, 6) is -1.75. The van der Waals surface area contributed by atoms with Crippen molar-refractivity contribution < 1.29 is 14.7 Å². The molecular weight excluding hydrogens is 134 g/mol. The van der Waals surface area contributed by atoms with Crippen LogP contribution in [0, 0.1) is 0 Å². The molecule has 0 fully saturated rings. The zero-order valence-electron chi connectivity index (χ0n) is 5.92. The molecule has 0 heterocycles. The summed E-state index contributed by atoms with van der Waals surface area (Å²) < 4.78 is 0. The highest BCUT2D eigenvalue weighted by Crippen LogP contribution is 1.85. The Morgan fingerprint density at radius 2 is 1.90 bits per heavy atom. The number of carbonyl (C=O) groups excluding carboxylic acids is 1. The first-order chi connectivity index (χ1) is 4.52. The van der Waals surface area contributed by atoms with Gasteiger partial charge in [0.15, 0.2) is 0 Å². The molecule has 0 aliphatic rings. The van der Waals surface area contributed by atoms with Gasteiger partial charge >= 0.3 is 5.97 Å². The lowest BCUT2D eigenvalue weighted by atomic mass is 10.4. The fourth-order valence-electron chi connectivity index (χ4n) is 0.418. The van der Waals surface area contributed by atoms with Crippen molar-refractivity contribution in [2.24, 2.45) is 4.99 Å². The van der Waals surface area contributed by atoms with E-state index in [9.17, 15) is 9.59 Å². The maximum Gasteiger partial charge on any atom is 0.312 e. The van der Waals surface area contributed by atoms with Crippen molar-refractivity contribution in [1.29, 1.82) is 0 Å². The van der Waals surface area contributed by atoms with Gasteiger partial charge < -0.3 is 5.11 Å². The van der Waals surface area contributed by atoms with Gasteiger partial charge in [0.1, 0.15) is 6.42 Å². The second-order valence-corrected chi connectivity index (χ2v) is 2.02. The minimum Gasteiger partial charge on any atom is -0.481 e. The van der Waals surface area contributed by atoms with Crippen LogP contribution in [-0.2, 0) is 9.59 Å². The van der Waals surface area contributed by atoms with Gasteiger partial charge in [-0.25, -0.2) is 4.99 Å². The number of hydrogen-bond donors (Lipinski definition) is 1. The molecule has 1 N–H and O–H groups in total. The first kappa shape index (κ1) is 8.81. The third kappa shape index (κ3) is 4.96. The molecule has 10 heavy (non-hydrogen) atoms. The summed E-state index contributed by atoms with van der Waals surface area (Å²) in [6.45, 7) is 3.28. The van der Waals surface area contributed by atoms with Gasteiger partial charge in [-0.3, -0.25) is 9.59 Å². The molecule has 0 aromatic carbocycles. The predicted octanol–water partition coefficient (Wildman–Crippen LogP) is 0.468. The van der Waals surface area contributed by atoms with Crippen molar-refractivity contribution in [3.05, 3.63) is 0 Å². The summed E-state index contributed by atoms with van der Waals surface area (Å²) in [5, 5.41) is 8.11. The van der Waals surface area contributed by atoms with Crippen LogP contribution in [-0.4, -0.2) is 22.7 Å². The maximum atomic E-state index is 10.5. The molecule has 1 amide bonds. The van der Waals surface area contributed by atoms with E-state index in [1.54, 1.807) is 13.8 Å². The van der Waals surface area contributed by atoms with E-state index in [2.05, 4.69) is 4.99 Å². The SMILES string of the molecule is CC(C)=NC(=O)CC(=O)O. The molecule has 0 unspecified atom stereocenters. The molecule has 0 rings (SSSR count). The van der Waals surface area contributed by atoms with E-state index in [4.69, 9.17) is 5.11 Å². The van der Waals surface area contributed by atoms with E-state index in [0.29, 0.717) is 5.71 Å². The summed E-state index contributed by atoms with van der Waals surface area (Å²) >= 11 is 0. The van der Waals surface area contributed by atoms with E-state index in [1.165, 1.54) is 0 Å². The standard InChI is InChI=1S/C6H9NO3/c1-4(2)7-5(8)3-6(9)10/h3H2,1-2H3,(H,9,10). The monoisotopic (exact) mass is 143 g/mol. The number of aliphatic carboxylic acids is 1. The molecule has 0 aliphatic carbocycles. The Bertz CT molecular complexity index is 179. The minimum atomic E-state index is -1.14. The Labute approximate surface area is 58.6 Å². The van der Waals surface area contributed by atoms with Crippen LogP contribution in [0.25, 0.3) is 0 Å². The van der Waals surface area contributed by atoms with Gasteiger partial charge in [0, 0.05) is 5.71 Å². The molecule has 0 bridgehead atoms. The van der Waals surface area contributed by atoms with Crippen LogP contribution in [0.5, 0.6) is 0 Å². The molecule has 4 heteroatoms. The topological polar surface area (TPSA) is 66.7 Å². The average molecular weight is 143 g/mol. The lowest BCUT2D eigenvalue weighted by Crippen LogP contribution is -2.04. The first-order valence-corrected chi connectivity index (χ1v) is 2.79. The molecule has 0 aliphatic heterocycles. The zero-order chi connectivity index (χ0) is 8.15. The van der Waals surface area contributed by atoms with Crippen LogP contribution in [0.15, 0.2) is 4.99 Å². The maximum absolute atomic E-state index is 10.5. The van der Waals surface area contributed by atoms with Gasteiger partial charge in [0.05, 0.1) is 0 Å². The van der Waals surface area contributed by atoms with E-state index in [-0.39, 0.29) is 0 Å². The summed E-state index contributed by atoms with van der Waals surface area (Å²) in [7, 11) is 0. The molecular formula is C6H9NO3. The second kappa shape index (κ2) is 3.76. The van der Waals surface area contributed by atoms with Gasteiger partial charge in [0.25, 0.3) is 5.91 Å². The Kier molecular flexibility index (Phi) is 3.32. The number of carboxylic acid groups (broad SMARTS) is 1. The lowest BCUT2D eigenvalue weighted by Gasteiger charge is -1.88. The third-order valence-electron chi connectivity index (χ3n) is 0.651. The quantitative estimate of drug-likeness (QED) is 0.451. The van der Waals surface area contributed by atoms with E-state index >= 15 is 0 Å². The van der Waals surface area contributed by atoms with E-state index in [0.717, 1.165) is 0 Å². The van der Waals surface area contributed by atoms with E-state index < -0.39 is 18.3 Å². The molecule has 0 spiro atoms. The van der Waals surface area contributed by atoms with Crippen LogP contribution in [0.2, 0.25) is 0 Å². The molecule has 4 nitrogen and oxygen atoms in total. The Morgan fingerprint density at radius 1 is 1.40 bits per heavy atom. The minimum absolute atomic E-state index is 0.523. The Hall–Kier alpha value is -1.19. The summed E-state index contributed by atoms with van der Waals surface area (Å²) in [6, 6.07) is 0. The van der Waals surface area contributed by atoms with Gasteiger partial charge in [-0.1, -0.05) is 0 Å². The van der Waals surface area contributed by atoms with Crippen LogP contribution < -0.4 is 0 Å². The van der Waals surface area contributed by atoms with Gasteiger partial charge in [-0.15, -0.1) is 0 Å². The van der Waals surface area contributed by atoms with Crippen LogP contribution in [0.3, 0.4) is 0 Å². The Balaban J connectivity index is 3.88. The smallest absolute Gasteiger partial charge is 0.312 e. The van der Waals surface area contributed by atoms with Gasteiger partial charge in [-0.05, 0) is 13.8 Å². The summed E-state index contributed by atoms with van der Waals surface area (Å²) in [5.41, 5.74) is 0.575. The highest BCUT2D eigenvalue weighted by atomic mass is 16.4. The van der Waals surface area contributed by atoms with Crippen molar-refractivity contribution >= 4 is 17.6 Å². The highest BCUT2D eigenvalue weighted by Gasteiger charge is 2.04. The molecule has 0 atom stereocenters. The van der Waals surface area contributed by atoms with Gasteiger partial charge in [0.2, 0.25) is 0 Å². The van der Waals surface area contributed by atoms with Crippen molar-refractivity contribution in [2.45, 2.75) is 20.3 Å². The van der Waals surface area contributed by atoms with Gasteiger partial charge in [-0.2, -0.15) is 0 Å². The molecule has 0 radical (unpaired) electrons. The normalized spacial score (nSPS) is 8.60. The van der Waals surface area contributed by atoms with Crippen molar-refractivity contribution in [1.82, 2.24) is 0 Å². The molecule has 0 saturated heterocycles. The summed E-state index contributed by atoms with van der Waals surface area (Å²) in [6.07, 6.45) is -0.523. The number of carbonyl (C=O) groups is 2. The number of aliphatic imine (C=N–C) groups is 1. The van der Waals surface area contributed by atoms with Crippen molar-refractivity contribution in [3.8, 4) is 0 Å². The first-order valence-electron chi connectivity index (χ1n) is 2.79. The predicted molar refractivity (Wildman–Crippen MR) is 36.0 cm³/mol. The lowest BCUT2D eigenvalue weighted by molar-refractivity contribution is -0.139. The average Bonchev–Trinajstić information content (AvgIpc) is 1.58. The number of rotatable bonds is 2. The highest BCUT2D eigenvalue weighted by molar-refractivity contribution is 6.00. The van der Waals surface area contributed by atoms with Crippen LogP contribution in [0.4, 0.5) is 0 Å². The van der Waals surface area contributed by atoms with Crippen molar-refractivity contribution in [2.75, 3.05) is 0 Å². The molecule has 0 aromatic rings. The second-order valence-electron chi connectivity index (χ2n) is 2.02. The zero-order valence-corrected chi connectivity index (χ0v) is 5.92. The largest absolute Gasteiger partial charge is 0.481 e. The van der Waals surface area contributed by atoms with E-state index in [1.807, 2.05) is 0 Å².